The molecule has 2 heterocycles. The van der Waals surface area contributed by atoms with Gasteiger partial charge in [0.1, 0.15) is 12.1 Å². The Kier molecular flexibility index (Phi) is 5.35. The molecule has 118 valence electrons. The SMILES string of the molecule is N#CC1CCCN1C(=O)CC(N)CC(=O)N1CCCC1C#N. The first kappa shape index (κ1) is 16.3. The van der Waals surface area contributed by atoms with E-state index >= 15 is 0 Å². The molecule has 7 heteroatoms. The van der Waals surface area contributed by atoms with Gasteiger partial charge in [-0.1, -0.05) is 0 Å². The summed E-state index contributed by atoms with van der Waals surface area (Å²) in [5.74, 6) is -0.329. The van der Waals surface area contributed by atoms with Crippen molar-refractivity contribution in [2.24, 2.45) is 5.73 Å². The van der Waals surface area contributed by atoms with Crippen molar-refractivity contribution in [2.45, 2.75) is 56.7 Å². The molecule has 2 unspecified atom stereocenters. The molecule has 0 aromatic heterocycles. The van der Waals surface area contributed by atoms with Crippen LogP contribution in [0.1, 0.15) is 38.5 Å². The lowest BCUT2D eigenvalue weighted by atomic mass is 10.1. The molecule has 0 bridgehead atoms. The summed E-state index contributed by atoms with van der Waals surface area (Å²) in [4.78, 5) is 27.4. The van der Waals surface area contributed by atoms with Crippen LogP contribution >= 0.6 is 0 Å². The predicted molar refractivity (Wildman–Crippen MR) is 77.9 cm³/mol. The Hall–Kier alpha value is -2.12. The van der Waals surface area contributed by atoms with Gasteiger partial charge in [0.15, 0.2) is 0 Å². The molecular weight excluding hydrogens is 282 g/mol. The van der Waals surface area contributed by atoms with Crippen LogP contribution in [-0.2, 0) is 9.59 Å². The minimum absolute atomic E-state index is 0.0645. The van der Waals surface area contributed by atoms with Crippen molar-refractivity contribution in [3.8, 4) is 12.1 Å². The van der Waals surface area contributed by atoms with E-state index in [9.17, 15) is 9.59 Å². The van der Waals surface area contributed by atoms with Gasteiger partial charge in [0, 0.05) is 32.0 Å². The highest BCUT2D eigenvalue weighted by atomic mass is 16.2. The van der Waals surface area contributed by atoms with Crippen molar-refractivity contribution in [3.63, 3.8) is 0 Å². The van der Waals surface area contributed by atoms with Gasteiger partial charge in [0.2, 0.25) is 11.8 Å². The van der Waals surface area contributed by atoms with Gasteiger partial charge in [-0.05, 0) is 25.7 Å². The van der Waals surface area contributed by atoms with Crippen molar-refractivity contribution < 1.29 is 9.59 Å². The van der Waals surface area contributed by atoms with Crippen molar-refractivity contribution in [3.05, 3.63) is 0 Å². The summed E-state index contributed by atoms with van der Waals surface area (Å²) in [6.45, 7) is 1.17. The van der Waals surface area contributed by atoms with Crippen molar-refractivity contribution in [1.29, 1.82) is 10.5 Å². The Morgan fingerprint density at radius 1 is 1.00 bits per heavy atom. The van der Waals surface area contributed by atoms with Crippen LogP contribution in [0.4, 0.5) is 0 Å². The number of hydrogen-bond acceptors (Lipinski definition) is 5. The van der Waals surface area contributed by atoms with Crippen LogP contribution in [0.15, 0.2) is 0 Å². The number of carbonyl (C=O) groups excluding carboxylic acids is 2. The molecule has 0 aromatic carbocycles. The van der Waals surface area contributed by atoms with Crippen LogP contribution in [0.2, 0.25) is 0 Å². The van der Waals surface area contributed by atoms with Crippen molar-refractivity contribution >= 4 is 11.8 Å². The van der Waals surface area contributed by atoms with Crippen LogP contribution in [-0.4, -0.2) is 52.8 Å². The Balaban J connectivity index is 1.84. The zero-order valence-corrected chi connectivity index (χ0v) is 12.6. The number of nitrogens with zero attached hydrogens (tertiary/aromatic N) is 4. The van der Waals surface area contributed by atoms with Crippen molar-refractivity contribution in [2.75, 3.05) is 13.1 Å². The molecule has 2 aliphatic heterocycles. The number of amides is 2. The van der Waals surface area contributed by atoms with Gasteiger partial charge in [-0.25, -0.2) is 0 Å². The average Bonchev–Trinajstić information content (AvgIpc) is 3.15. The normalized spacial score (nSPS) is 25.6. The monoisotopic (exact) mass is 303 g/mol. The second-order valence-corrected chi connectivity index (χ2v) is 5.92. The van der Waals surface area contributed by atoms with Crippen LogP contribution in [0.25, 0.3) is 0 Å². The zero-order chi connectivity index (χ0) is 16.1. The van der Waals surface area contributed by atoms with Crippen LogP contribution < -0.4 is 5.73 Å². The molecule has 0 aliphatic carbocycles. The van der Waals surface area contributed by atoms with E-state index in [-0.39, 0.29) is 36.7 Å². The quantitative estimate of drug-likeness (QED) is 0.792. The number of likely N-dealkylation sites (tertiary alicyclic amines) is 2. The van der Waals surface area contributed by atoms with E-state index in [2.05, 4.69) is 12.1 Å². The fourth-order valence-corrected chi connectivity index (χ4v) is 3.15. The van der Waals surface area contributed by atoms with E-state index in [0.717, 1.165) is 12.8 Å². The summed E-state index contributed by atoms with van der Waals surface area (Å²) in [6.07, 6.45) is 3.19. The van der Waals surface area contributed by atoms with E-state index in [0.29, 0.717) is 25.9 Å². The van der Waals surface area contributed by atoms with E-state index < -0.39 is 6.04 Å². The maximum Gasteiger partial charge on any atom is 0.225 e. The molecule has 2 saturated heterocycles. The topological polar surface area (TPSA) is 114 Å². The molecular formula is C15H21N5O2. The molecule has 2 rings (SSSR count). The lowest BCUT2D eigenvalue weighted by Crippen LogP contribution is -2.42. The third-order valence-electron chi connectivity index (χ3n) is 4.32. The maximum absolute atomic E-state index is 12.2. The third kappa shape index (κ3) is 3.55. The number of nitrogens with two attached hydrogens (primary N) is 1. The van der Waals surface area contributed by atoms with Crippen LogP contribution in [0, 0.1) is 22.7 Å². The lowest BCUT2D eigenvalue weighted by Gasteiger charge is -2.24. The van der Waals surface area contributed by atoms with E-state index in [1.54, 1.807) is 9.80 Å². The molecule has 0 saturated carbocycles. The Morgan fingerprint density at radius 2 is 1.41 bits per heavy atom. The third-order valence-corrected chi connectivity index (χ3v) is 4.32. The minimum atomic E-state index is -0.570. The smallest absolute Gasteiger partial charge is 0.225 e. The highest BCUT2D eigenvalue weighted by Gasteiger charge is 2.32. The summed E-state index contributed by atoms with van der Waals surface area (Å²) in [6, 6.07) is 2.94. The van der Waals surface area contributed by atoms with E-state index in [1.165, 1.54) is 0 Å². The molecule has 0 aromatic rings. The Labute approximate surface area is 130 Å². The summed E-state index contributed by atoms with van der Waals surface area (Å²) in [5.41, 5.74) is 5.92. The van der Waals surface area contributed by atoms with Gasteiger partial charge < -0.3 is 15.5 Å². The van der Waals surface area contributed by atoms with Gasteiger partial charge in [-0.2, -0.15) is 10.5 Å². The molecule has 2 aliphatic rings. The van der Waals surface area contributed by atoms with Gasteiger partial charge in [0.05, 0.1) is 12.1 Å². The number of carbonyl (C=O) groups is 2. The Bertz CT molecular complexity index is 475. The summed E-state index contributed by atoms with van der Waals surface area (Å²) in [7, 11) is 0. The molecule has 22 heavy (non-hydrogen) atoms. The second-order valence-electron chi connectivity index (χ2n) is 5.92. The number of hydrogen-bond donors (Lipinski definition) is 1. The summed E-state index contributed by atoms with van der Waals surface area (Å²) in [5, 5.41) is 18.0. The number of nitriles is 2. The van der Waals surface area contributed by atoms with E-state index in [4.69, 9.17) is 16.3 Å². The van der Waals surface area contributed by atoms with Crippen LogP contribution in [0.3, 0.4) is 0 Å². The molecule has 2 N–H and O–H groups in total. The fourth-order valence-electron chi connectivity index (χ4n) is 3.15. The largest absolute Gasteiger partial charge is 0.327 e. The fraction of sp³-hybridized carbons (Fsp3) is 0.733. The molecule has 2 atom stereocenters. The highest BCUT2D eigenvalue weighted by Crippen LogP contribution is 2.20. The standard InChI is InChI=1S/C15H21N5O2/c16-9-12-3-1-5-19(12)14(21)7-11(18)8-15(22)20-6-2-4-13(20)10-17/h11-13H,1-8,18H2. The van der Waals surface area contributed by atoms with E-state index in [1.807, 2.05) is 0 Å². The first-order valence-corrected chi connectivity index (χ1v) is 7.70. The summed E-state index contributed by atoms with van der Waals surface area (Å²) >= 11 is 0. The lowest BCUT2D eigenvalue weighted by molar-refractivity contribution is -0.133. The molecule has 0 radical (unpaired) electrons. The summed E-state index contributed by atoms with van der Waals surface area (Å²) < 4.78 is 0. The first-order valence-electron chi connectivity index (χ1n) is 7.70. The molecule has 2 amide bonds. The van der Waals surface area contributed by atoms with Gasteiger partial charge in [-0.3, -0.25) is 9.59 Å². The second kappa shape index (κ2) is 7.24. The minimum Gasteiger partial charge on any atom is -0.327 e. The maximum atomic E-state index is 12.2. The Morgan fingerprint density at radius 3 is 1.77 bits per heavy atom. The average molecular weight is 303 g/mol. The highest BCUT2D eigenvalue weighted by molar-refractivity contribution is 5.81. The molecule has 0 spiro atoms. The molecule has 7 nitrogen and oxygen atoms in total. The van der Waals surface area contributed by atoms with Gasteiger partial charge in [0.25, 0.3) is 0 Å². The van der Waals surface area contributed by atoms with Crippen molar-refractivity contribution in [1.82, 2.24) is 9.80 Å². The van der Waals surface area contributed by atoms with Gasteiger partial charge in [-0.15, -0.1) is 0 Å². The van der Waals surface area contributed by atoms with Gasteiger partial charge >= 0.3 is 0 Å². The number of rotatable bonds is 4. The first-order chi connectivity index (χ1) is 10.6. The molecule has 2 fully saturated rings. The predicted octanol–water partition coefficient (Wildman–Crippen LogP) is 0.123. The zero-order valence-electron chi connectivity index (χ0n) is 12.6. The van der Waals surface area contributed by atoms with Crippen LogP contribution in [0.5, 0.6) is 0 Å².